The van der Waals surface area contributed by atoms with Crippen molar-refractivity contribution in [2.24, 2.45) is 0 Å². The highest BCUT2D eigenvalue weighted by molar-refractivity contribution is 5.95. The highest BCUT2D eigenvalue weighted by Crippen LogP contribution is 2.21. The van der Waals surface area contributed by atoms with Crippen LogP contribution < -0.4 is 5.32 Å². The molecule has 2 aliphatic heterocycles. The van der Waals surface area contributed by atoms with Gasteiger partial charge in [-0.05, 0) is 24.5 Å². The predicted molar refractivity (Wildman–Crippen MR) is 99.1 cm³/mol. The zero-order valence-corrected chi connectivity index (χ0v) is 15.3. The van der Waals surface area contributed by atoms with E-state index in [0.717, 1.165) is 31.5 Å². The Kier molecular flexibility index (Phi) is 5.15. The van der Waals surface area contributed by atoms with E-state index in [4.69, 9.17) is 0 Å². The number of rotatable bonds is 4. The summed E-state index contributed by atoms with van der Waals surface area (Å²) in [5.41, 5.74) is 1.62. The molecule has 2 saturated heterocycles. The van der Waals surface area contributed by atoms with Crippen LogP contribution in [0.25, 0.3) is 0 Å². The molecule has 27 heavy (non-hydrogen) atoms. The maximum atomic E-state index is 13.2. The number of benzene rings is 1. The molecule has 8 heteroatoms. The van der Waals surface area contributed by atoms with Crippen molar-refractivity contribution in [1.29, 1.82) is 0 Å². The molecule has 0 aliphatic carbocycles. The summed E-state index contributed by atoms with van der Waals surface area (Å²) in [5.74, 6) is 0.158. The van der Waals surface area contributed by atoms with Crippen LogP contribution in [0.5, 0.6) is 0 Å². The van der Waals surface area contributed by atoms with E-state index in [9.17, 15) is 9.59 Å². The summed E-state index contributed by atoms with van der Waals surface area (Å²) in [7, 11) is 0. The number of piperidine rings is 1. The average Bonchev–Trinajstić information content (AvgIpc) is 3.21. The fourth-order valence-corrected chi connectivity index (χ4v) is 3.93. The third-order valence-corrected chi connectivity index (χ3v) is 5.30. The van der Waals surface area contributed by atoms with Crippen molar-refractivity contribution in [2.75, 3.05) is 32.7 Å². The van der Waals surface area contributed by atoms with Crippen molar-refractivity contribution in [2.45, 2.75) is 25.4 Å². The minimum absolute atomic E-state index is 0.0259. The summed E-state index contributed by atoms with van der Waals surface area (Å²) in [5, 5.41) is 7.24. The SMILES string of the molecule is O=C(c1ccccc1Cn1cncn1)N1CCCC(N2CCNCC2=O)C1. The fraction of sp³-hybridized carbons (Fsp3) is 0.474. The van der Waals surface area contributed by atoms with E-state index >= 15 is 0 Å². The number of likely N-dealkylation sites (tertiary alicyclic amines) is 1. The van der Waals surface area contributed by atoms with Gasteiger partial charge in [-0.25, -0.2) is 9.67 Å². The van der Waals surface area contributed by atoms with Crippen molar-refractivity contribution in [1.82, 2.24) is 29.9 Å². The quantitative estimate of drug-likeness (QED) is 0.843. The molecule has 3 heterocycles. The minimum atomic E-state index is 0.0259. The summed E-state index contributed by atoms with van der Waals surface area (Å²) >= 11 is 0. The molecule has 2 amide bonds. The third-order valence-electron chi connectivity index (χ3n) is 5.30. The van der Waals surface area contributed by atoms with Gasteiger partial charge in [0.15, 0.2) is 0 Å². The molecule has 1 atom stereocenters. The molecule has 1 unspecified atom stereocenters. The van der Waals surface area contributed by atoms with Gasteiger partial charge in [-0.2, -0.15) is 5.10 Å². The standard InChI is InChI=1S/C19H24N6O2/c26-18-10-20-7-9-25(18)16-5-3-8-23(12-16)19(27)17-6-2-1-4-15(17)11-24-14-21-13-22-24/h1-2,4,6,13-14,16,20H,3,5,7-12H2. The van der Waals surface area contributed by atoms with Gasteiger partial charge in [0.05, 0.1) is 13.1 Å². The number of nitrogens with one attached hydrogen (secondary N) is 1. The minimum Gasteiger partial charge on any atom is -0.337 e. The molecule has 0 saturated carbocycles. The molecular weight excluding hydrogens is 344 g/mol. The van der Waals surface area contributed by atoms with Crippen LogP contribution >= 0.6 is 0 Å². The largest absolute Gasteiger partial charge is 0.337 e. The number of carbonyl (C=O) groups excluding carboxylic acids is 2. The normalized spacial score (nSPS) is 20.7. The lowest BCUT2D eigenvalue weighted by Gasteiger charge is -2.41. The van der Waals surface area contributed by atoms with Crippen molar-refractivity contribution in [3.8, 4) is 0 Å². The smallest absolute Gasteiger partial charge is 0.254 e. The van der Waals surface area contributed by atoms with Gasteiger partial charge in [0.25, 0.3) is 5.91 Å². The molecule has 2 fully saturated rings. The van der Waals surface area contributed by atoms with E-state index in [0.29, 0.717) is 31.7 Å². The average molecular weight is 368 g/mol. The second-order valence-corrected chi connectivity index (χ2v) is 7.06. The lowest BCUT2D eigenvalue weighted by atomic mass is 10.0. The summed E-state index contributed by atoms with van der Waals surface area (Å²) < 4.78 is 1.71. The van der Waals surface area contributed by atoms with Crippen molar-refractivity contribution < 1.29 is 9.59 Å². The first kappa shape index (κ1) is 17.7. The summed E-state index contributed by atoms with van der Waals surface area (Å²) in [4.78, 5) is 33.2. The molecule has 8 nitrogen and oxygen atoms in total. The Morgan fingerprint density at radius 3 is 2.96 bits per heavy atom. The fourth-order valence-electron chi connectivity index (χ4n) is 3.93. The first-order valence-corrected chi connectivity index (χ1v) is 9.42. The maximum absolute atomic E-state index is 13.2. The third kappa shape index (κ3) is 3.85. The zero-order chi connectivity index (χ0) is 18.6. The molecular formula is C19H24N6O2. The van der Waals surface area contributed by atoms with Gasteiger partial charge < -0.3 is 15.1 Å². The van der Waals surface area contributed by atoms with E-state index in [-0.39, 0.29) is 17.9 Å². The zero-order valence-electron chi connectivity index (χ0n) is 15.3. The Labute approximate surface area is 158 Å². The Hall–Kier alpha value is -2.74. The molecule has 2 aromatic rings. The molecule has 4 rings (SSSR count). The Bertz CT molecular complexity index is 806. The Morgan fingerprint density at radius 1 is 1.26 bits per heavy atom. The number of nitrogens with zero attached hydrogens (tertiary/aromatic N) is 5. The van der Waals surface area contributed by atoms with E-state index in [1.165, 1.54) is 6.33 Å². The molecule has 2 aliphatic rings. The highest BCUT2D eigenvalue weighted by atomic mass is 16.2. The van der Waals surface area contributed by atoms with Crippen LogP contribution in [0.15, 0.2) is 36.9 Å². The number of aromatic nitrogens is 3. The lowest BCUT2D eigenvalue weighted by molar-refractivity contribution is -0.135. The van der Waals surface area contributed by atoms with Gasteiger partial charge in [-0.1, -0.05) is 18.2 Å². The van der Waals surface area contributed by atoms with E-state index in [1.807, 2.05) is 34.1 Å². The second-order valence-electron chi connectivity index (χ2n) is 7.06. The van der Waals surface area contributed by atoms with Crippen LogP contribution in [0.4, 0.5) is 0 Å². The number of hydrogen-bond donors (Lipinski definition) is 1. The van der Waals surface area contributed by atoms with Crippen molar-refractivity contribution >= 4 is 11.8 Å². The van der Waals surface area contributed by atoms with E-state index in [1.54, 1.807) is 11.0 Å². The summed E-state index contributed by atoms with van der Waals surface area (Å²) in [6.45, 7) is 3.77. The molecule has 142 valence electrons. The predicted octanol–water partition coefficient (Wildman–Crippen LogP) is 0.363. The van der Waals surface area contributed by atoms with E-state index < -0.39 is 0 Å². The number of carbonyl (C=O) groups is 2. The van der Waals surface area contributed by atoms with Gasteiger partial charge in [-0.3, -0.25) is 9.59 Å². The van der Waals surface area contributed by atoms with Gasteiger partial charge in [-0.15, -0.1) is 0 Å². The Balaban J connectivity index is 1.50. The Morgan fingerprint density at radius 2 is 2.15 bits per heavy atom. The van der Waals surface area contributed by atoms with Gasteiger partial charge in [0, 0.05) is 37.8 Å². The van der Waals surface area contributed by atoms with Crippen LogP contribution in [0.2, 0.25) is 0 Å². The lowest BCUT2D eigenvalue weighted by Crippen LogP contribution is -2.57. The molecule has 1 aromatic carbocycles. The second kappa shape index (κ2) is 7.87. The first-order valence-electron chi connectivity index (χ1n) is 9.42. The van der Waals surface area contributed by atoms with Crippen LogP contribution in [0, 0.1) is 0 Å². The van der Waals surface area contributed by atoms with Crippen LogP contribution in [-0.2, 0) is 11.3 Å². The van der Waals surface area contributed by atoms with Crippen molar-refractivity contribution in [3.63, 3.8) is 0 Å². The number of hydrogen-bond acceptors (Lipinski definition) is 5. The topological polar surface area (TPSA) is 83.4 Å². The highest BCUT2D eigenvalue weighted by Gasteiger charge is 2.32. The maximum Gasteiger partial charge on any atom is 0.254 e. The summed E-state index contributed by atoms with van der Waals surface area (Å²) in [6, 6.07) is 7.75. The van der Waals surface area contributed by atoms with Gasteiger partial charge in [0.2, 0.25) is 5.91 Å². The molecule has 1 N–H and O–H groups in total. The van der Waals surface area contributed by atoms with Gasteiger partial charge >= 0.3 is 0 Å². The van der Waals surface area contributed by atoms with Gasteiger partial charge in [0.1, 0.15) is 12.7 Å². The molecule has 0 bridgehead atoms. The molecule has 0 radical (unpaired) electrons. The van der Waals surface area contributed by atoms with Crippen LogP contribution in [-0.4, -0.2) is 75.1 Å². The monoisotopic (exact) mass is 368 g/mol. The van der Waals surface area contributed by atoms with E-state index in [2.05, 4.69) is 15.4 Å². The molecule has 0 spiro atoms. The molecule has 1 aromatic heterocycles. The number of amides is 2. The van der Waals surface area contributed by atoms with Crippen LogP contribution in [0.1, 0.15) is 28.8 Å². The first-order chi connectivity index (χ1) is 13.2. The summed E-state index contributed by atoms with van der Waals surface area (Å²) in [6.07, 6.45) is 5.01. The van der Waals surface area contributed by atoms with Crippen LogP contribution in [0.3, 0.4) is 0 Å². The van der Waals surface area contributed by atoms with Crippen molar-refractivity contribution in [3.05, 3.63) is 48.0 Å². The number of piperazine rings is 1.